The zero-order valence-corrected chi connectivity index (χ0v) is 20.3. The monoisotopic (exact) mass is 492 g/mol. The van der Waals surface area contributed by atoms with E-state index >= 15 is 0 Å². The molecule has 0 aliphatic heterocycles. The van der Waals surface area contributed by atoms with E-state index in [9.17, 15) is 20.1 Å². The van der Waals surface area contributed by atoms with Crippen LogP contribution in [0.4, 0.5) is 0 Å². The zero-order chi connectivity index (χ0) is 26.0. The molecular formula is C32H22B2O4. The van der Waals surface area contributed by atoms with Crippen molar-refractivity contribution in [3.8, 4) is 44.5 Å². The van der Waals surface area contributed by atoms with Crippen molar-refractivity contribution in [2.75, 3.05) is 0 Å². The van der Waals surface area contributed by atoms with Crippen molar-refractivity contribution in [1.29, 1.82) is 0 Å². The lowest BCUT2D eigenvalue weighted by molar-refractivity contribution is 0.426. The van der Waals surface area contributed by atoms with E-state index in [-0.39, 0.29) is 10.9 Å². The minimum atomic E-state index is -1.76. The molecule has 1 aliphatic rings. The third-order valence-electron chi connectivity index (χ3n) is 7.66. The molecule has 0 amide bonds. The quantitative estimate of drug-likeness (QED) is 0.276. The number of hydrogen-bond donors (Lipinski definition) is 4. The second-order valence-corrected chi connectivity index (χ2v) is 9.68. The van der Waals surface area contributed by atoms with Crippen molar-refractivity contribution in [2.45, 2.75) is 0 Å². The molecule has 4 nitrogen and oxygen atoms in total. The molecule has 0 fully saturated rings. The van der Waals surface area contributed by atoms with E-state index in [1.54, 1.807) is 12.1 Å². The molecule has 180 valence electrons. The SMILES string of the molecule is OB(O)c1ccc2c3c(ccc(B(O)O)c13)-c1c-2c(-c2ccccc2)c2ccccc2c1-c1ccccc1. The highest BCUT2D eigenvalue weighted by atomic mass is 16.4. The molecule has 6 aromatic rings. The molecule has 7 rings (SSSR count). The number of rotatable bonds is 4. The summed E-state index contributed by atoms with van der Waals surface area (Å²) in [6.07, 6.45) is 0. The summed E-state index contributed by atoms with van der Waals surface area (Å²) in [6.45, 7) is 0. The predicted octanol–water partition coefficient (Wildman–Crippen LogP) is 4.33. The molecular weight excluding hydrogens is 470 g/mol. The Hall–Kier alpha value is -4.19. The second kappa shape index (κ2) is 8.69. The Bertz CT molecular complexity index is 1730. The van der Waals surface area contributed by atoms with Gasteiger partial charge in [-0.25, -0.2) is 0 Å². The molecule has 0 bridgehead atoms. The van der Waals surface area contributed by atoms with Crippen molar-refractivity contribution in [3.63, 3.8) is 0 Å². The van der Waals surface area contributed by atoms with E-state index in [0.717, 1.165) is 60.7 Å². The van der Waals surface area contributed by atoms with Crippen LogP contribution in [-0.2, 0) is 0 Å². The first-order valence-corrected chi connectivity index (χ1v) is 12.6. The lowest BCUT2D eigenvalue weighted by Gasteiger charge is -2.20. The summed E-state index contributed by atoms with van der Waals surface area (Å²) in [6, 6.07) is 36.2. The van der Waals surface area contributed by atoms with Crippen LogP contribution in [0.15, 0.2) is 109 Å². The number of benzene rings is 6. The Balaban J connectivity index is 1.75. The number of fused-ring (bicyclic) bond motifs is 4. The predicted molar refractivity (Wildman–Crippen MR) is 156 cm³/mol. The molecule has 1 aliphatic carbocycles. The maximum absolute atomic E-state index is 10.3. The molecule has 0 atom stereocenters. The molecule has 6 heteroatoms. The maximum Gasteiger partial charge on any atom is 0.489 e. The average molecular weight is 492 g/mol. The zero-order valence-electron chi connectivity index (χ0n) is 20.3. The first-order chi connectivity index (χ1) is 18.6. The van der Waals surface area contributed by atoms with Crippen molar-refractivity contribution in [2.24, 2.45) is 0 Å². The topological polar surface area (TPSA) is 80.9 Å². The van der Waals surface area contributed by atoms with Crippen molar-refractivity contribution in [1.82, 2.24) is 0 Å². The molecule has 0 saturated carbocycles. The average Bonchev–Trinajstić information content (AvgIpc) is 3.27. The van der Waals surface area contributed by atoms with Gasteiger partial charge in [-0.15, -0.1) is 0 Å². The molecule has 0 heterocycles. The van der Waals surface area contributed by atoms with Gasteiger partial charge in [0.05, 0.1) is 0 Å². The Kier molecular flexibility index (Phi) is 5.25. The Morgan fingerprint density at radius 2 is 0.763 bits per heavy atom. The highest BCUT2D eigenvalue weighted by Crippen LogP contribution is 2.57. The van der Waals surface area contributed by atoms with E-state index in [4.69, 9.17) is 0 Å². The summed E-state index contributed by atoms with van der Waals surface area (Å²) >= 11 is 0. The summed E-state index contributed by atoms with van der Waals surface area (Å²) in [7, 11) is -3.52. The number of hydrogen-bond acceptors (Lipinski definition) is 4. The molecule has 0 aromatic heterocycles. The van der Waals surface area contributed by atoms with Gasteiger partial charge in [-0.05, 0) is 77.0 Å². The largest absolute Gasteiger partial charge is 0.489 e. The minimum absolute atomic E-state index is 0.244. The molecule has 0 saturated heterocycles. The van der Waals surface area contributed by atoms with Gasteiger partial charge in [0.2, 0.25) is 0 Å². The summed E-state index contributed by atoms with van der Waals surface area (Å²) in [5.41, 5.74) is 8.80. The van der Waals surface area contributed by atoms with Crippen LogP contribution in [0.3, 0.4) is 0 Å². The van der Waals surface area contributed by atoms with E-state index < -0.39 is 14.2 Å². The molecule has 0 radical (unpaired) electrons. The van der Waals surface area contributed by atoms with Crippen LogP contribution in [0.5, 0.6) is 0 Å². The molecule has 6 aromatic carbocycles. The van der Waals surface area contributed by atoms with Gasteiger partial charge in [0.15, 0.2) is 0 Å². The van der Waals surface area contributed by atoms with Crippen LogP contribution in [0.1, 0.15) is 0 Å². The smallest absolute Gasteiger partial charge is 0.423 e. The van der Waals surface area contributed by atoms with E-state index in [0.29, 0.717) is 5.39 Å². The van der Waals surface area contributed by atoms with Gasteiger partial charge in [-0.3, -0.25) is 0 Å². The summed E-state index contributed by atoms with van der Waals surface area (Å²) in [4.78, 5) is 0. The third kappa shape index (κ3) is 3.22. The van der Waals surface area contributed by atoms with Crippen LogP contribution in [0.2, 0.25) is 0 Å². The lowest BCUT2D eigenvalue weighted by atomic mass is 9.68. The Morgan fingerprint density at radius 1 is 0.368 bits per heavy atom. The van der Waals surface area contributed by atoms with Gasteiger partial charge in [-0.1, -0.05) is 109 Å². The fraction of sp³-hybridized carbons (Fsp3) is 0. The van der Waals surface area contributed by atoms with E-state index in [1.807, 2.05) is 48.5 Å². The van der Waals surface area contributed by atoms with Crippen LogP contribution < -0.4 is 10.9 Å². The first kappa shape index (κ1) is 23.0. The summed E-state index contributed by atoms with van der Waals surface area (Å²) in [5.74, 6) is 0. The van der Waals surface area contributed by atoms with Gasteiger partial charge in [-0.2, -0.15) is 0 Å². The van der Waals surface area contributed by atoms with Crippen molar-refractivity contribution >= 4 is 46.7 Å². The van der Waals surface area contributed by atoms with Gasteiger partial charge in [0.1, 0.15) is 0 Å². The highest BCUT2D eigenvalue weighted by Gasteiger charge is 2.34. The standard InChI is InChI=1S/C32H22B2O4/c35-33(36)25-17-15-23-29-24(16-18-26(32(25)29)34(37)38)31-28(20-11-5-2-6-12-20)22-14-8-7-13-21(22)27(30(23)31)19-9-3-1-4-10-19/h1-18,35-38H. The maximum atomic E-state index is 10.3. The van der Waals surface area contributed by atoms with E-state index in [2.05, 4.69) is 48.5 Å². The van der Waals surface area contributed by atoms with Crippen LogP contribution in [0, 0.1) is 0 Å². The summed E-state index contributed by atoms with van der Waals surface area (Å²) < 4.78 is 0. The molecule has 0 unspecified atom stereocenters. The molecule has 4 N–H and O–H groups in total. The van der Waals surface area contributed by atoms with Crippen LogP contribution in [0.25, 0.3) is 66.1 Å². The van der Waals surface area contributed by atoms with Crippen molar-refractivity contribution < 1.29 is 20.1 Å². The van der Waals surface area contributed by atoms with Gasteiger partial charge >= 0.3 is 14.2 Å². The van der Waals surface area contributed by atoms with Crippen molar-refractivity contribution in [3.05, 3.63) is 109 Å². The fourth-order valence-corrected chi connectivity index (χ4v) is 6.18. The van der Waals surface area contributed by atoms with Crippen LogP contribution in [-0.4, -0.2) is 34.3 Å². The fourth-order valence-electron chi connectivity index (χ4n) is 6.18. The Morgan fingerprint density at radius 3 is 1.16 bits per heavy atom. The van der Waals surface area contributed by atoms with Crippen LogP contribution >= 0.6 is 0 Å². The van der Waals surface area contributed by atoms with E-state index in [1.165, 1.54) is 0 Å². The normalized spacial score (nSPS) is 11.7. The first-order valence-electron chi connectivity index (χ1n) is 12.6. The molecule has 38 heavy (non-hydrogen) atoms. The van der Waals surface area contributed by atoms with Gasteiger partial charge in [0.25, 0.3) is 0 Å². The minimum Gasteiger partial charge on any atom is -0.423 e. The van der Waals surface area contributed by atoms with Gasteiger partial charge in [0, 0.05) is 0 Å². The summed E-state index contributed by atoms with van der Waals surface area (Å²) in [5, 5.41) is 44.5. The Labute approximate surface area is 220 Å². The second-order valence-electron chi connectivity index (χ2n) is 9.68. The molecule has 0 spiro atoms. The van der Waals surface area contributed by atoms with Gasteiger partial charge < -0.3 is 20.1 Å². The highest BCUT2D eigenvalue weighted by molar-refractivity contribution is 6.69. The third-order valence-corrected chi connectivity index (χ3v) is 7.66. The lowest BCUT2D eigenvalue weighted by Crippen LogP contribution is -2.38.